The van der Waals surface area contributed by atoms with Crippen molar-refractivity contribution in [2.45, 2.75) is 31.7 Å². The van der Waals surface area contributed by atoms with Crippen LogP contribution in [0.1, 0.15) is 36.5 Å². The molecule has 0 saturated carbocycles. The van der Waals surface area contributed by atoms with Crippen LogP contribution in [0.5, 0.6) is 0 Å². The van der Waals surface area contributed by atoms with Crippen LogP contribution in [0.3, 0.4) is 0 Å². The van der Waals surface area contributed by atoms with Gasteiger partial charge < -0.3 is 10.1 Å². The van der Waals surface area contributed by atoms with Crippen molar-refractivity contribution in [1.29, 1.82) is 0 Å². The average molecular weight is 380 g/mol. The largest absolute Gasteiger partial charge is 0.379 e. The summed E-state index contributed by atoms with van der Waals surface area (Å²) in [4.78, 5) is 31.7. The summed E-state index contributed by atoms with van der Waals surface area (Å²) < 4.78 is 7.07. The molecule has 7 heteroatoms. The van der Waals surface area contributed by atoms with Gasteiger partial charge in [0.15, 0.2) is 5.65 Å². The molecule has 1 amide bonds. The molecule has 1 aliphatic rings. The van der Waals surface area contributed by atoms with E-state index in [0.29, 0.717) is 24.4 Å². The first kappa shape index (κ1) is 18.4. The lowest BCUT2D eigenvalue weighted by Crippen LogP contribution is -2.49. The van der Waals surface area contributed by atoms with Crippen molar-refractivity contribution in [3.63, 3.8) is 0 Å². The van der Waals surface area contributed by atoms with E-state index in [0.717, 1.165) is 35.9 Å². The van der Waals surface area contributed by atoms with E-state index in [1.54, 1.807) is 13.2 Å². The molecule has 0 bridgehead atoms. The summed E-state index contributed by atoms with van der Waals surface area (Å²) in [6, 6.07) is 9.37. The van der Waals surface area contributed by atoms with E-state index in [9.17, 15) is 9.59 Å². The molecular formula is C21H24N4O3. The predicted molar refractivity (Wildman–Crippen MR) is 107 cm³/mol. The number of nitrogens with zero attached hydrogens (tertiary/aromatic N) is 2. The number of hydrogen-bond acceptors (Lipinski definition) is 4. The molecule has 1 unspecified atom stereocenters. The molecule has 1 fully saturated rings. The van der Waals surface area contributed by atoms with Gasteiger partial charge in [-0.1, -0.05) is 25.5 Å². The molecule has 0 radical (unpaired) electrons. The maximum Gasteiger partial charge on any atom is 0.327 e. The highest BCUT2D eigenvalue weighted by Crippen LogP contribution is 2.26. The highest BCUT2D eigenvalue weighted by Gasteiger charge is 2.35. The second-order valence-electron chi connectivity index (χ2n) is 7.45. The van der Waals surface area contributed by atoms with E-state index < -0.39 is 0 Å². The number of imidazole rings is 1. The molecule has 146 valence electrons. The van der Waals surface area contributed by atoms with E-state index in [1.807, 2.05) is 30.3 Å². The Morgan fingerprint density at radius 3 is 2.96 bits per heavy atom. The molecule has 4 rings (SSSR count). The van der Waals surface area contributed by atoms with E-state index in [1.165, 1.54) is 4.57 Å². The number of aromatic nitrogens is 3. The SMILES string of the molecule is CCCC1(NC(=O)c2cccc(-c3cnc4[nH]c(=O)n(C)c4c3)c2)CCOC1. The lowest BCUT2D eigenvalue weighted by atomic mass is 9.92. The monoisotopic (exact) mass is 380 g/mol. The molecule has 1 aliphatic heterocycles. The van der Waals surface area contributed by atoms with Crippen molar-refractivity contribution in [1.82, 2.24) is 19.9 Å². The molecule has 3 heterocycles. The molecule has 2 aromatic heterocycles. The van der Waals surface area contributed by atoms with Crippen LogP contribution in [0.2, 0.25) is 0 Å². The number of ether oxygens (including phenoxy) is 1. The molecule has 7 nitrogen and oxygen atoms in total. The van der Waals surface area contributed by atoms with E-state index in [-0.39, 0.29) is 17.1 Å². The molecule has 1 atom stereocenters. The second-order valence-corrected chi connectivity index (χ2v) is 7.45. The second kappa shape index (κ2) is 7.24. The normalized spacial score (nSPS) is 19.2. The maximum absolute atomic E-state index is 12.9. The van der Waals surface area contributed by atoms with Crippen molar-refractivity contribution in [3.05, 3.63) is 52.6 Å². The Morgan fingerprint density at radius 1 is 1.36 bits per heavy atom. The van der Waals surface area contributed by atoms with E-state index >= 15 is 0 Å². The van der Waals surface area contributed by atoms with Gasteiger partial charge in [-0.15, -0.1) is 0 Å². The van der Waals surface area contributed by atoms with Gasteiger partial charge in [-0.3, -0.25) is 14.3 Å². The zero-order valence-corrected chi connectivity index (χ0v) is 16.1. The third-order valence-corrected chi connectivity index (χ3v) is 5.43. The van der Waals surface area contributed by atoms with Gasteiger partial charge in [0.2, 0.25) is 0 Å². The van der Waals surface area contributed by atoms with Gasteiger partial charge in [0, 0.05) is 31.0 Å². The number of rotatable bonds is 5. The zero-order valence-electron chi connectivity index (χ0n) is 16.1. The molecular weight excluding hydrogens is 356 g/mol. The standard InChI is InChI=1S/C21H24N4O3/c1-3-7-21(8-9-28-13-21)24-19(26)15-6-4-5-14(10-15)16-11-17-18(22-12-16)23-20(27)25(17)2/h4-6,10-12H,3,7-9,13H2,1-2H3,(H,24,26)(H,22,23,27). The Kier molecular flexibility index (Phi) is 4.77. The molecule has 1 aromatic carbocycles. The number of pyridine rings is 1. The van der Waals surface area contributed by atoms with Crippen LogP contribution in [0.25, 0.3) is 22.3 Å². The molecule has 1 saturated heterocycles. The fraction of sp³-hybridized carbons (Fsp3) is 0.381. The lowest BCUT2D eigenvalue weighted by Gasteiger charge is -2.28. The third kappa shape index (κ3) is 3.33. The van der Waals surface area contributed by atoms with Gasteiger partial charge in [-0.25, -0.2) is 9.78 Å². The molecule has 2 N–H and O–H groups in total. The molecule has 0 spiro atoms. The number of hydrogen-bond donors (Lipinski definition) is 2. The van der Waals surface area contributed by atoms with Crippen LogP contribution in [0, 0.1) is 0 Å². The summed E-state index contributed by atoms with van der Waals surface area (Å²) >= 11 is 0. The van der Waals surface area contributed by atoms with Crippen LogP contribution in [-0.2, 0) is 11.8 Å². The van der Waals surface area contributed by atoms with Crippen LogP contribution in [0.4, 0.5) is 0 Å². The summed E-state index contributed by atoms with van der Waals surface area (Å²) in [5.41, 5.74) is 3.13. The molecule has 28 heavy (non-hydrogen) atoms. The fourth-order valence-corrected chi connectivity index (χ4v) is 3.85. The van der Waals surface area contributed by atoms with Crippen LogP contribution in [-0.4, -0.2) is 39.2 Å². The Hall–Kier alpha value is -2.93. The minimum atomic E-state index is -0.272. The van der Waals surface area contributed by atoms with Crippen LogP contribution < -0.4 is 11.0 Å². The minimum Gasteiger partial charge on any atom is -0.379 e. The summed E-state index contributed by atoms with van der Waals surface area (Å²) in [5, 5.41) is 3.20. The first-order valence-corrected chi connectivity index (χ1v) is 9.57. The number of amides is 1. The summed E-state index contributed by atoms with van der Waals surface area (Å²) in [7, 11) is 1.70. The zero-order chi connectivity index (χ0) is 19.7. The van der Waals surface area contributed by atoms with Gasteiger partial charge in [0.1, 0.15) is 0 Å². The maximum atomic E-state index is 12.9. The van der Waals surface area contributed by atoms with E-state index in [4.69, 9.17) is 4.74 Å². The Balaban J connectivity index is 1.63. The smallest absolute Gasteiger partial charge is 0.327 e. The number of nitrogens with one attached hydrogen (secondary N) is 2. The first-order chi connectivity index (χ1) is 13.5. The van der Waals surface area contributed by atoms with Crippen molar-refractivity contribution in [2.75, 3.05) is 13.2 Å². The highest BCUT2D eigenvalue weighted by atomic mass is 16.5. The van der Waals surface area contributed by atoms with Gasteiger partial charge >= 0.3 is 5.69 Å². The number of aromatic amines is 1. The summed E-state index contributed by atoms with van der Waals surface area (Å²) in [6.45, 7) is 3.36. The first-order valence-electron chi connectivity index (χ1n) is 9.57. The Labute approximate surface area is 162 Å². The Bertz CT molecular complexity index is 1080. The molecule has 3 aromatic rings. The van der Waals surface area contributed by atoms with Crippen molar-refractivity contribution < 1.29 is 9.53 Å². The highest BCUT2D eigenvalue weighted by molar-refractivity contribution is 5.96. The predicted octanol–water partition coefficient (Wildman–Crippen LogP) is 2.62. The Morgan fingerprint density at radius 2 is 2.21 bits per heavy atom. The number of carbonyl (C=O) groups excluding carboxylic acids is 1. The number of aryl methyl sites for hydroxylation is 1. The quantitative estimate of drug-likeness (QED) is 0.712. The fourth-order valence-electron chi connectivity index (χ4n) is 3.85. The van der Waals surface area contributed by atoms with Gasteiger partial charge in [-0.05, 0) is 36.6 Å². The van der Waals surface area contributed by atoms with Gasteiger partial charge in [0.25, 0.3) is 5.91 Å². The third-order valence-electron chi connectivity index (χ3n) is 5.43. The van der Waals surface area contributed by atoms with Crippen molar-refractivity contribution in [2.24, 2.45) is 7.05 Å². The van der Waals surface area contributed by atoms with Crippen LogP contribution in [0.15, 0.2) is 41.3 Å². The number of benzene rings is 1. The van der Waals surface area contributed by atoms with Gasteiger partial charge in [0.05, 0.1) is 17.7 Å². The lowest BCUT2D eigenvalue weighted by molar-refractivity contribution is 0.0870. The van der Waals surface area contributed by atoms with Crippen molar-refractivity contribution >= 4 is 17.1 Å². The minimum absolute atomic E-state index is 0.0936. The summed E-state index contributed by atoms with van der Waals surface area (Å²) in [5.74, 6) is -0.0936. The van der Waals surface area contributed by atoms with E-state index in [2.05, 4.69) is 22.2 Å². The number of fused-ring (bicyclic) bond motifs is 1. The number of carbonyl (C=O) groups is 1. The summed E-state index contributed by atoms with van der Waals surface area (Å²) in [6.07, 6.45) is 4.44. The number of H-pyrrole nitrogens is 1. The molecule has 0 aliphatic carbocycles. The average Bonchev–Trinajstić information content (AvgIpc) is 3.27. The van der Waals surface area contributed by atoms with Crippen molar-refractivity contribution in [3.8, 4) is 11.1 Å². The van der Waals surface area contributed by atoms with Gasteiger partial charge in [-0.2, -0.15) is 0 Å². The topological polar surface area (TPSA) is 89.0 Å². The van der Waals surface area contributed by atoms with Crippen LogP contribution >= 0.6 is 0 Å².